The first kappa shape index (κ1) is 18.1. The van der Waals surface area contributed by atoms with Gasteiger partial charge in [0.15, 0.2) is 0 Å². The molecule has 3 aromatic carbocycles. The van der Waals surface area contributed by atoms with Crippen molar-refractivity contribution in [1.82, 2.24) is 0 Å². The molecule has 3 rings (SSSR count). The molecule has 0 bridgehead atoms. The fourth-order valence-corrected chi connectivity index (χ4v) is 2.99. The molecule has 0 saturated carbocycles. The predicted molar refractivity (Wildman–Crippen MR) is 107 cm³/mol. The number of ether oxygens (including phenoxy) is 2. The summed E-state index contributed by atoms with van der Waals surface area (Å²) in [6.45, 7) is 4.49. The number of para-hydroxylation sites is 1. The lowest BCUT2D eigenvalue weighted by molar-refractivity contribution is 0.00380. The second kappa shape index (κ2) is 9.10. The molecule has 0 aliphatic rings. The highest BCUT2D eigenvalue weighted by Crippen LogP contribution is 2.28. The number of benzene rings is 3. The molecule has 2 atom stereocenters. The second-order valence-corrected chi connectivity index (χ2v) is 6.55. The van der Waals surface area contributed by atoms with Crippen LogP contribution >= 0.6 is 0 Å². The predicted octanol–water partition coefficient (Wildman–Crippen LogP) is 6.75. The lowest BCUT2D eigenvalue weighted by Crippen LogP contribution is -2.15. The Morgan fingerprint density at radius 1 is 0.654 bits per heavy atom. The van der Waals surface area contributed by atoms with Gasteiger partial charge in [-0.25, -0.2) is 0 Å². The van der Waals surface area contributed by atoms with Gasteiger partial charge >= 0.3 is 0 Å². The Hall–Kier alpha value is -2.74. The Morgan fingerprint density at radius 3 is 1.77 bits per heavy atom. The van der Waals surface area contributed by atoms with Crippen molar-refractivity contribution in [3.05, 3.63) is 96.1 Å². The van der Waals surface area contributed by atoms with Crippen molar-refractivity contribution >= 4 is 0 Å². The first-order valence-electron chi connectivity index (χ1n) is 9.29. The Labute approximate surface area is 156 Å². The average Bonchev–Trinajstić information content (AvgIpc) is 2.70. The second-order valence-electron chi connectivity index (χ2n) is 6.55. The van der Waals surface area contributed by atoms with Gasteiger partial charge in [-0.05, 0) is 42.2 Å². The van der Waals surface area contributed by atoms with Crippen molar-refractivity contribution in [1.29, 1.82) is 0 Å². The fourth-order valence-electron chi connectivity index (χ4n) is 2.99. The zero-order chi connectivity index (χ0) is 18.2. The quantitative estimate of drug-likeness (QED) is 0.420. The normalized spacial score (nSPS) is 13.0. The van der Waals surface area contributed by atoms with E-state index in [1.807, 2.05) is 72.8 Å². The van der Waals surface area contributed by atoms with Crippen LogP contribution in [-0.4, -0.2) is 0 Å². The number of hydrogen-bond donors (Lipinski definition) is 0. The van der Waals surface area contributed by atoms with Crippen LogP contribution < -0.4 is 9.47 Å². The molecule has 3 aromatic rings. The van der Waals surface area contributed by atoms with E-state index in [-0.39, 0.29) is 0 Å². The van der Waals surface area contributed by atoms with Crippen LogP contribution in [0, 0.1) is 0 Å². The highest BCUT2D eigenvalue weighted by Gasteiger charge is 2.15. The molecular formula is C24H26O2. The maximum Gasteiger partial charge on any atom is 0.267 e. The van der Waals surface area contributed by atoms with Crippen LogP contribution in [0.5, 0.6) is 11.5 Å². The summed E-state index contributed by atoms with van der Waals surface area (Å²) >= 11 is 0. The molecule has 0 aromatic heterocycles. The maximum atomic E-state index is 6.18. The van der Waals surface area contributed by atoms with Gasteiger partial charge in [0, 0.05) is 5.56 Å². The van der Waals surface area contributed by atoms with Crippen LogP contribution in [-0.2, 0) is 0 Å². The molecule has 2 unspecified atom stereocenters. The van der Waals surface area contributed by atoms with Gasteiger partial charge in [-0.2, -0.15) is 0 Å². The SMILES string of the molecule is CCCC(C)c1ccc(OC(Oc2ccccc2)c2ccccc2)cc1. The summed E-state index contributed by atoms with van der Waals surface area (Å²) in [6, 6.07) is 28.2. The molecule has 0 radical (unpaired) electrons. The summed E-state index contributed by atoms with van der Waals surface area (Å²) in [4.78, 5) is 0. The van der Waals surface area contributed by atoms with E-state index in [9.17, 15) is 0 Å². The molecule has 134 valence electrons. The third-order valence-electron chi connectivity index (χ3n) is 4.47. The molecule has 0 aliphatic carbocycles. The molecule has 0 saturated heterocycles. The van der Waals surface area contributed by atoms with Gasteiger partial charge in [0.2, 0.25) is 0 Å². The Bertz CT molecular complexity index is 766. The van der Waals surface area contributed by atoms with E-state index in [0.717, 1.165) is 17.1 Å². The van der Waals surface area contributed by atoms with Crippen LogP contribution in [0.25, 0.3) is 0 Å². The molecule has 2 nitrogen and oxygen atoms in total. The summed E-state index contributed by atoms with van der Waals surface area (Å²) in [7, 11) is 0. The zero-order valence-corrected chi connectivity index (χ0v) is 15.5. The molecule has 26 heavy (non-hydrogen) atoms. The van der Waals surface area contributed by atoms with Crippen molar-refractivity contribution in [2.45, 2.75) is 38.9 Å². The van der Waals surface area contributed by atoms with Crippen LogP contribution in [0.4, 0.5) is 0 Å². The number of rotatable bonds is 8. The van der Waals surface area contributed by atoms with Crippen molar-refractivity contribution in [3.63, 3.8) is 0 Å². The van der Waals surface area contributed by atoms with Gasteiger partial charge in [0.1, 0.15) is 11.5 Å². The molecule has 0 fully saturated rings. The van der Waals surface area contributed by atoms with Crippen LogP contribution in [0.2, 0.25) is 0 Å². The molecule has 2 heteroatoms. The van der Waals surface area contributed by atoms with Crippen molar-refractivity contribution in [2.24, 2.45) is 0 Å². The fraction of sp³-hybridized carbons (Fsp3) is 0.250. The third kappa shape index (κ3) is 4.89. The van der Waals surface area contributed by atoms with Gasteiger partial charge in [0.05, 0.1) is 0 Å². The summed E-state index contributed by atoms with van der Waals surface area (Å²) in [5.41, 5.74) is 2.33. The highest BCUT2D eigenvalue weighted by molar-refractivity contribution is 5.30. The Balaban J connectivity index is 1.77. The van der Waals surface area contributed by atoms with Crippen molar-refractivity contribution in [2.75, 3.05) is 0 Å². The molecular weight excluding hydrogens is 320 g/mol. The number of hydrogen-bond acceptors (Lipinski definition) is 2. The standard InChI is InChI=1S/C24H26O2/c1-3-10-19(2)20-15-17-23(18-16-20)26-24(21-11-6-4-7-12-21)25-22-13-8-5-9-14-22/h4-9,11-19,24H,3,10H2,1-2H3. The van der Waals surface area contributed by atoms with E-state index in [2.05, 4.69) is 26.0 Å². The lowest BCUT2D eigenvalue weighted by Gasteiger charge is -2.21. The minimum Gasteiger partial charge on any atom is -0.451 e. The van der Waals surface area contributed by atoms with Crippen molar-refractivity contribution in [3.8, 4) is 11.5 Å². The largest absolute Gasteiger partial charge is 0.451 e. The first-order chi connectivity index (χ1) is 12.8. The molecule has 0 heterocycles. The highest BCUT2D eigenvalue weighted by atomic mass is 16.7. The van der Waals surface area contributed by atoms with E-state index in [1.165, 1.54) is 18.4 Å². The Morgan fingerprint density at radius 2 is 1.19 bits per heavy atom. The Kier molecular flexibility index (Phi) is 6.32. The monoisotopic (exact) mass is 346 g/mol. The molecule has 0 amide bonds. The van der Waals surface area contributed by atoms with E-state index in [0.29, 0.717) is 5.92 Å². The summed E-state index contributed by atoms with van der Waals surface area (Å²) in [5.74, 6) is 2.16. The minimum atomic E-state index is -0.488. The van der Waals surface area contributed by atoms with E-state index in [4.69, 9.17) is 9.47 Å². The molecule has 0 aliphatic heterocycles. The van der Waals surface area contributed by atoms with Gasteiger partial charge in [-0.1, -0.05) is 80.9 Å². The third-order valence-corrected chi connectivity index (χ3v) is 4.47. The summed E-state index contributed by atoms with van der Waals surface area (Å²) in [6.07, 6.45) is 1.90. The van der Waals surface area contributed by atoms with Gasteiger partial charge in [0.25, 0.3) is 6.29 Å². The van der Waals surface area contributed by atoms with Crippen LogP contribution in [0.15, 0.2) is 84.9 Å². The van der Waals surface area contributed by atoms with Gasteiger partial charge < -0.3 is 9.47 Å². The van der Waals surface area contributed by atoms with Crippen molar-refractivity contribution < 1.29 is 9.47 Å². The van der Waals surface area contributed by atoms with E-state index in [1.54, 1.807) is 0 Å². The van der Waals surface area contributed by atoms with E-state index < -0.39 is 6.29 Å². The average molecular weight is 346 g/mol. The van der Waals surface area contributed by atoms with E-state index >= 15 is 0 Å². The topological polar surface area (TPSA) is 18.5 Å². The zero-order valence-electron chi connectivity index (χ0n) is 15.5. The molecule has 0 N–H and O–H groups in total. The summed E-state index contributed by atoms with van der Waals surface area (Å²) in [5, 5.41) is 0. The maximum absolute atomic E-state index is 6.18. The van der Waals surface area contributed by atoms with Gasteiger partial charge in [-0.15, -0.1) is 0 Å². The summed E-state index contributed by atoms with van der Waals surface area (Å²) < 4.78 is 12.3. The molecule has 0 spiro atoms. The van der Waals surface area contributed by atoms with Crippen LogP contribution in [0.3, 0.4) is 0 Å². The minimum absolute atomic E-state index is 0.488. The first-order valence-corrected chi connectivity index (χ1v) is 9.29. The smallest absolute Gasteiger partial charge is 0.267 e. The lowest BCUT2D eigenvalue weighted by atomic mass is 9.97. The van der Waals surface area contributed by atoms with Gasteiger partial charge in [-0.3, -0.25) is 0 Å². The van der Waals surface area contributed by atoms with Crippen LogP contribution in [0.1, 0.15) is 50.0 Å².